The van der Waals surface area contributed by atoms with Crippen molar-refractivity contribution in [2.24, 2.45) is 0 Å². The van der Waals surface area contributed by atoms with Crippen molar-refractivity contribution in [2.45, 2.75) is 50.2 Å². The molecule has 0 saturated heterocycles. The zero-order valence-corrected chi connectivity index (χ0v) is 17.2. The van der Waals surface area contributed by atoms with Gasteiger partial charge in [0.05, 0.1) is 12.2 Å². The van der Waals surface area contributed by atoms with Crippen molar-refractivity contribution in [1.29, 1.82) is 0 Å². The molecule has 146 valence electrons. The van der Waals surface area contributed by atoms with E-state index in [1.807, 2.05) is 38.1 Å². The highest BCUT2D eigenvalue weighted by Gasteiger charge is 2.61. The van der Waals surface area contributed by atoms with E-state index in [2.05, 4.69) is 5.32 Å². The van der Waals surface area contributed by atoms with E-state index in [0.29, 0.717) is 15.7 Å². The van der Waals surface area contributed by atoms with Crippen molar-refractivity contribution in [2.75, 3.05) is 5.32 Å². The van der Waals surface area contributed by atoms with Crippen LogP contribution in [0.2, 0.25) is 10.0 Å². The third-order valence-electron chi connectivity index (χ3n) is 5.64. The Balaban J connectivity index is 1.96. The molecule has 2 aromatic rings. The molecule has 2 aromatic carbocycles. The maximum Gasteiger partial charge on any atom is 0.238 e. The highest BCUT2D eigenvalue weighted by Crippen LogP contribution is 2.55. The molecule has 0 bridgehead atoms. The van der Waals surface area contributed by atoms with Crippen LogP contribution < -0.4 is 5.32 Å². The lowest BCUT2D eigenvalue weighted by atomic mass is 9.59. The number of halogens is 2. The van der Waals surface area contributed by atoms with Gasteiger partial charge in [0.2, 0.25) is 5.91 Å². The van der Waals surface area contributed by atoms with Gasteiger partial charge in [0, 0.05) is 34.5 Å². The number of ketones is 1. The van der Waals surface area contributed by atoms with Crippen LogP contribution in [0.1, 0.15) is 43.7 Å². The molecule has 3 unspecified atom stereocenters. The van der Waals surface area contributed by atoms with Gasteiger partial charge in [-0.25, -0.2) is 0 Å². The summed E-state index contributed by atoms with van der Waals surface area (Å²) in [5.74, 6) is -0.456. The molecule has 0 aromatic heterocycles. The van der Waals surface area contributed by atoms with Gasteiger partial charge >= 0.3 is 0 Å². The second-order valence-electron chi connectivity index (χ2n) is 7.74. The third kappa shape index (κ3) is 3.04. The molecule has 0 radical (unpaired) electrons. The van der Waals surface area contributed by atoms with Crippen LogP contribution in [-0.4, -0.2) is 23.9 Å². The number of Topliss-reactive ketones (excluding diaryl/α,β-unsaturated/α-hetero) is 1. The maximum absolute atomic E-state index is 13.5. The summed E-state index contributed by atoms with van der Waals surface area (Å²) in [6.45, 7) is 3.83. The number of nitrogens with one attached hydrogen (secondary N) is 1. The van der Waals surface area contributed by atoms with Crippen LogP contribution in [-0.2, 0) is 19.7 Å². The number of benzene rings is 2. The van der Waals surface area contributed by atoms with Gasteiger partial charge in [-0.3, -0.25) is 9.59 Å². The molecule has 4 nitrogen and oxygen atoms in total. The second kappa shape index (κ2) is 7.18. The third-order valence-corrected chi connectivity index (χ3v) is 6.11. The number of rotatable bonds is 3. The lowest BCUT2D eigenvalue weighted by Gasteiger charge is -2.45. The molecule has 2 aliphatic rings. The normalized spacial score (nSPS) is 26.6. The van der Waals surface area contributed by atoms with Crippen molar-refractivity contribution in [1.82, 2.24) is 0 Å². The summed E-state index contributed by atoms with van der Waals surface area (Å²) >= 11 is 12.4. The number of ether oxygens (including phenoxy) is 1. The molecule has 1 heterocycles. The Morgan fingerprint density at radius 3 is 2.54 bits per heavy atom. The Kier molecular flexibility index (Phi) is 4.98. The van der Waals surface area contributed by atoms with Crippen LogP contribution in [0, 0.1) is 0 Å². The first-order valence-electron chi connectivity index (χ1n) is 9.36. The molecule has 1 amide bonds. The molecule has 6 heteroatoms. The van der Waals surface area contributed by atoms with E-state index in [1.54, 1.807) is 18.2 Å². The monoisotopic (exact) mass is 417 g/mol. The van der Waals surface area contributed by atoms with Crippen LogP contribution in [0.5, 0.6) is 0 Å². The minimum absolute atomic E-state index is 0.0801. The highest BCUT2D eigenvalue weighted by atomic mass is 35.5. The van der Waals surface area contributed by atoms with Crippen LogP contribution in [0.3, 0.4) is 0 Å². The van der Waals surface area contributed by atoms with Crippen molar-refractivity contribution < 1.29 is 14.3 Å². The second-order valence-corrected chi connectivity index (χ2v) is 8.61. The number of carbonyl (C=O) groups is 2. The first-order valence-corrected chi connectivity index (χ1v) is 10.1. The molecule has 1 spiro atoms. The average molecular weight is 418 g/mol. The number of anilines is 1. The van der Waals surface area contributed by atoms with Crippen LogP contribution in [0.25, 0.3) is 0 Å². The predicted octanol–water partition coefficient (Wildman–Crippen LogP) is 5.12. The van der Waals surface area contributed by atoms with Crippen LogP contribution in [0.4, 0.5) is 5.69 Å². The number of amides is 1. The summed E-state index contributed by atoms with van der Waals surface area (Å²) in [6.07, 6.45) is -0.240. The topological polar surface area (TPSA) is 55.4 Å². The van der Waals surface area contributed by atoms with E-state index < -0.39 is 11.5 Å². The zero-order valence-electron chi connectivity index (χ0n) is 15.7. The van der Waals surface area contributed by atoms with Crippen LogP contribution >= 0.6 is 23.2 Å². The maximum atomic E-state index is 13.5. The predicted molar refractivity (Wildman–Crippen MR) is 110 cm³/mol. The Morgan fingerprint density at radius 2 is 1.82 bits per heavy atom. The standard InChI is InChI=1S/C22H21Cl2NO3/c1-12(2)28-20-11-16(26)10-18(13-4-3-5-14(23)8-13)22(20)17-7-6-15(24)9-19(17)25-21(22)27/h3-9,12,18,20H,10-11H2,1-2H3,(H,25,27). The zero-order chi connectivity index (χ0) is 20.1. The number of carbonyl (C=O) groups excluding carboxylic acids is 2. The number of hydrogen-bond donors (Lipinski definition) is 1. The number of fused-ring (bicyclic) bond motifs is 2. The fraction of sp³-hybridized carbons (Fsp3) is 0.364. The van der Waals surface area contributed by atoms with Crippen molar-refractivity contribution in [3.05, 3.63) is 63.6 Å². The van der Waals surface area contributed by atoms with E-state index in [0.717, 1.165) is 11.1 Å². The Bertz CT molecular complexity index is 959. The van der Waals surface area contributed by atoms with Crippen molar-refractivity contribution in [3.8, 4) is 0 Å². The van der Waals surface area contributed by atoms with Crippen molar-refractivity contribution >= 4 is 40.6 Å². The molecule has 3 atom stereocenters. The summed E-state index contributed by atoms with van der Waals surface area (Å²) in [4.78, 5) is 26.2. The summed E-state index contributed by atoms with van der Waals surface area (Å²) in [5, 5.41) is 4.10. The van der Waals surface area contributed by atoms with Gasteiger partial charge in [-0.2, -0.15) is 0 Å². The van der Waals surface area contributed by atoms with Crippen molar-refractivity contribution in [3.63, 3.8) is 0 Å². The highest BCUT2D eigenvalue weighted by molar-refractivity contribution is 6.31. The first kappa shape index (κ1) is 19.4. The average Bonchev–Trinajstić information content (AvgIpc) is 2.89. The molecule has 28 heavy (non-hydrogen) atoms. The molecule has 4 rings (SSSR count). The Hall–Kier alpha value is -1.88. The molecular formula is C22H21Cl2NO3. The van der Waals surface area contributed by atoms with Gasteiger partial charge in [-0.15, -0.1) is 0 Å². The van der Waals surface area contributed by atoms with Gasteiger partial charge in [0.25, 0.3) is 0 Å². The summed E-state index contributed by atoms with van der Waals surface area (Å²) in [5.41, 5.74) is 1.35. The largest absolute Gasteiger partial charge is 0.374 e. The smallest absolute Gasteiger partial charge is 0.238 e. The molecule has 1 N–H and O–H groups in total. The minimum atomic E-state index is -1.01. The van der Waals surface area contributed by atoms with Gasteiger partial charge in [0.15, 0.2) is 0 Å². The summed E-state index contributed by atoms with van der Waals surface area (Å²) in [7, 11) is 0. The molecule has 1 aliphatic carbocycles. The Labute approximate surface area is 174 Å². The lowest BCUT2D eigenvalue weighted by Crippen LogP contribution is -2.56. The van der Waals surface area contributed by atoms with Gasteiger partial charge < -0.3 is 10.1 Å². The molecular weight excluding hydrogens is 397 g/mol. The van der Waals surface area contributed by atoms with E-state index in [9.17, 15) is 9.59 Å². The molecule has 1 saturated carbocycles. The number of hydrogen-bond acceptors (Lipinski definition) is 3. The molecule has 1 aliphatic heterocycles. The fourth-order valence-electron chi connectivity index (χ4n) is 4.65. The van der Waals surface area contributed by atoms with E-state index >= 15 is 0 Å². The van der Waals surface area contributed by atoms with E-state index in [-0.39, 0.29) is 36.6 Å². The SMILES string of the molecule is CC(C)OC1CC(=O)CC(c2cccc(Cl)c2)C12C(=O)Nc1cc(Cl)ccc12. The molecule has 1 fully saturated rings. The minimum Gasteiger partial charge on any atom is -0.374 e. The first-order chi connectivity index (χ1) is 13.3. The van der Waals surface area contributed by atoms with Gasteiger partial charge in [0.1, 0.15) is 11.2 Å². The quantitative estimate of drug-likeness (QED) is 0.753. The van der Waals surface area contributed by atoms with E-state index in [4.69, 9.17) is 27.9 Å². The van der Waals surface area contributed by atoms with E-state index in [1.165, 1.54) is 0 Å². The van der Waals surface area contributed by atoms with Crippen LogP contribution in [0.15, 0.2) is 42.5 Å². The summed E-state index contributed by atoms with van der Waals surface area (Å²) in [6, 6.07) is 12.8. The van der Waals surface area contributed by atoms with Gasteiger partial charge in [-0.05, 0) is 49.2 Å². The summed E-state index contributed by atoms with van der Waals surface area (Å²) < 4.78 is 6.19. The van der Waals surface area contributed by atoms with Gasteiger partial charge in [-0.1, -0.05) is 41.4 Å². The Morgan fingerprint density at radius 1 is 1.07 bits per heavy atom. The fourth-order valence-corrected chi connectivity index (χ4v) is 5.02. The lowest BCUT2D eigenvalue weighted by molar-refractivity contribution is -0.142.